The molecule has 1 aliphatic rings. The van der Waals surface area contributed by atoms with Crippen LogP contribution in [-0.2, 0) is 4.74 Å². The van der Waals surface area contributed by atoms with Crippen molar-refractivity contribution >= 4 is 28.9 Å². The maximum Gasteiger partial charge on any atom is 0.338 e. The summed E-state index contributed by atoms with van der Waals surface area (Å²) in [5, 5.41) is 13.7. The van der Waals surface area contributed by atoms with Crippen LogP contribution in [0.25, 0.3) is 0 Å². The van der Waals surface area contributed by atoms with Crippen LogP contribution < -0.4 is 5.32 Å². The number of hydrogen-bond acceptors (Lipinski definition) is 7. The summed E-state index contributed by atoms with van der Waals surface area (Å²) in [7, 11) is 0. The Morgan fingerprint density at radius 1 is 0.871 bits per heavy atom. The maximum atomic E-state index is 13.0. The SMILES string of the molecule is O=C(OCCNc1cccc2c1C(=O)c1ccccc1C2=O)c1ccc([N+](=O)[O-])cc1. The molecule has 0 unspecified atom stereocenters. The molecular weight excluding hydrogens is 400 g/mol. The Balaban J connectivity index is 1.42. The number of rotatable bonds is 6. The molecule has 0 heterocycles. The number of benzene rings is 3. The van der Waals surface area contributed by atoms with E-state index in [2.05, 4.69) is 5.32 Å². The van der Waals surface area contributed by atoms with Gasteiger partial charge in [-0.25, -0.2) is 4.79 Å². The number of ether oxygens (including phenoxy) is 1. The number of nitro groups is 1. The second kappa shape index (κ2) is 8.19. The Kier molecular flexibility index (Phi) is 5.28. The molecule has 3 aromatic rings. The van der Waals surface area contributed by atoms with Crippen LogP contribution in [0.2, 0.25) is 0 Å². The summed E-state index contributed by atoms with van der Waals surface area (Å²) >= 11 is 0. The number of non-ortho nitro benzene ring substituents is 1. The van der Waals surface area contributed by atoms with Crippen molar-refractivity contribution in [3.05, 3.63) is 105 Å². The van der Waals surface area contributed by atoms with Gasteiger partial charge in [-0.3, -0.25) is 19.7 Å². The number of nitrogens with zero attached hydrogens (tertiary/aromatic N) is 1. The minimum Gasteiger partial charge on any atom is -0.460 e. The van der Waals surface area contributed by atoms with Crippen LogP contribution in [0, 0.1) is 10.1 Å². The van der Waals surface area contributed by atoms with Crippen molar-refractivity contribution in [2.45, 2.75) is 0 Å². The quantitative estimate of drug-likeness (QED) is 0.221. The van der Waals surface area contributed by atoms with Gasteiger partial charge in [0.1, 0.15) is 6.61 Å². The highest BCUT2D eigenvalue weighted by Gasteiger charge is 2.31. The summed E-state index contributed by atoms with van der Waals surface area (Å²) in [5.41, 5.74) is 1.93. The molecule has 8 nitrogen and oxygen atoms in total. The van der Waals surface area contributed by atoms with Gasteiger partial charge in [0.25, 0.3) is 5.69 Å². The normalized spacial score (nSPS) is 12.0. The average molecular weight is 416 g/mol. The van der Waals surface area contributed by atoms with Crippen molar-refractivity contribution < 1.29 is 24.0 Å². The molecule has 31 heavy (non-hydrogen) atoms. The van der Waals surface area contributed by atoms with Crippen LogP contribution in [-0.4, -0.2) is 35.6 Å². The van der Waals surface area contributed by atoms with Crippen LogP contribution in [0.5, 0.6) is 0 Å². The van der Waals surface area contributed by atoms with E-state index in [-0.39, 0.29) is 36.0 Å². The first-order valence-corrected chi connectivity index (χ1v) is 9.44. The van der Waals surface area contributed by atoms with Gasteiger partial charge in [-0.2, -0.15) is 0 Å². The molecule has 8 heteroatoms. The van der Waals surface area contributed by atoms with Gasteiger partial charge in [-0.05, 0) is 18.2 Å². The van der Waals surface area contributed by atoms with Crippen molar-refractivity contribution in [2.24, 2.45) is 0 Å². The van der Waals surface area contributed by atoms with Gasteiger partial charge in [-0.15, -0.1) is 0 Å². The Hall–Kier alpha value is -4.33. The lowest BCUT2D eigenvalue weighted by Crippen LogP contribution is -2.23. The number of esters is 1. The summed E-state index contributed by atoms with van der Waals surface area (Å²) in [4.78, 5) is 47.9. The molecule has 0 saturated carbocycles. The van der Waals surface area contributed by atoms with Crippen molar-refractivity contribution in [2.75, 3.05) is 18.5 Å². The lowest BCUT2D eigenvalue weighted by atomic mass is 9.83. The Morgan fingerprint density at radius 2 is 1.52 bits per heavy atom. The number of anilines is 1. The third-order valence-corrected chi connectivity index (χ3v) is 4.92. The molecule has 1 N–H and O–H groups in total. The second-order valence-corrected chi connectivity index (χ2v) is 6.80. The predicted molar refractivity (Wildman–Crippen MR) is 112 cm³/mol. The van der Waals surface area contributed by atoms with E-state index in [1.807, 2.05) is 0 Å². The Labute approximate surface area is 176 Å². The summed E-state index contributed by atoms with van der Waals surface area (Å²) < 4.78 is 5.18. The fourth-order valence-corrected chi connectivity index (χ4v) is 3.42. The first kappa shape index (κ1) is 20.0. The van der Waals surface area contributed by atoms with E-state index < -0.39 is 10.9 Å². The summed E-state index contributed by atoms with van der Waals surface area (Å²) in [6.45, 7) is 0.205. The number of fused-ring (bicyclic) bond motifs is 2. The summed E-state index contributed by atoms with van der Waals surface area (Å²) in [6.07, 6.45) is 0. The zero-order valence-corrected chi connectivity index (χ0v) is 16.2. The Morgan fingerprint density at radius 3 is 2.19 bits per heavy atom. The zero-order valence-electron chi connectivity index (χ0n) is 16.2. The molecule has 0 aliphatic heterocycles. The standard InChI is InChI=1S/C23H16N2O6/c26-21-16-4-1-2-5-17(16)22(27)20-18(21)6-3-7-19(20)24-12-13-31-23(28)14-8-10-15(11-9-14)25(29)30/h1-11,24H,12-13H2. The fourth-order valence-electron chi connectivity index (χ4n) is 3.42. The molecule has 1 aliphatic carbocycles. The third-order valence-electron chi connectivity index (χ3n) is 4.92. The van der Waals surface area contributed by atoms with E-state index in [0.29, 0.717) is 27.9 Å². The van der Waals surface area contributed by atoms with Crippen LogP contribution in [0.1, 0.15) is 42.2 Å². The number of hydrogen-bond donors (Lipinski definition) is 1. The van der Waals surface area contributed by atoms with E-state index in [1.54, 1.807) is 42.5 Å². The molecule has 0 atom stereocenters. The summed E-state index contributed by atoms with van der Waals surface area (Å²) in [6, 6.07) is 16.8. The lowest BCUT2D eigenvalue weighted by molar-refractivity contribution is -0.384. The smallest absolute Gasteiger partial charge is 0.338 e. The minimum absolute atomic E-state index is 0.00177. The van der Waals surface area contributed by atoms with Gasteiger partial charge in [0.2, 0.25) is 0 Å². The summed E-state index contributed by atoms with van der Waals surface area (Å²) in [5.74, 6) is -1.07. The van der Waals surface area contributed by atoms with Crippen LogP contribution >= 0.6 is 0 Å². The first-order valence-electron chi connectivity index (χ1n) is 9.44. The number of nitrogens with one attached hydrogen (secondary N) is 1. The van der Waals surface area contributed by atoms with Gasteiger partial charge in [0.15, 0.2) is 11.6 Å². The molecule has 0 bridgehead atoms. The number of ketones is 2. The Bertz CT molecular complexity index is 1220. The van der Waals surface area contributed by atoms with E-state index in [0.717, 1.165) is 0 Å². The topological polar surface area (TPSA) is 116 Å². The van der Waals surface area contributed by atoms with Crippen molar-refractivity contribution in [3.8, 4) is 0 Å². The van der Waals surface area contributed by atoms with Gasteiger partial charge >= 0.3 is 5.97 Å². The van der Waals surface area contributed by atoms with Crippen LogP contribution in [0.15, 0.2) is 66.7 Å². The van der Waals surface area contributed by atoms with Gasteiger partial charge in [0, 0.05) is 41.1 Å². The molecule has 0 fully saturated rings. The number of carbonyl (C=O) groups is 3. The van der Waals surface area contributed by atoms with Crippen LogP contribution in [0.4, 0.5) is 11.4 Å². The number of nitro benzene ring substituents is 1. The molecule has 0 saturated heterocycles. The van der Waals surface area contributed by atoms with E-state index in [4.69, 9.17) is 4.74 Å². The minimum atomic E-state index is -0.619. The first-order chi connectivity index (χ1) is 15.0. The molecule has 0 radical (unpaired) electrons. The van der Waals surface area contributed by atoms with Crippen molar-refractivity contribution in [3.63, 3.8) is 0 Å². The highest BCUT2D eigenvalue weighted by molar-refractivity contribution is 6.30. The monoisotopic (exact) mass is 416 g/mol. The van der Waals surface area contributed by atoms with E-state index in [9.17, 15) is 24.5 Å². The zero-order chi connectivity index (χ0) is 22.0. The van der Waals surface area contributed by atoms with Crippen LogP contribution in [0.3, 0.4) is 0 Å². The second-order valence-electron chi connectivity index (χ2n) is 6.80. The highest BCUT2D eigenvalue weighted by atomic mass is 16.6. The predicted octanol–water partition coefficient (Wildman–Crippen LogP) is 3.64. The van der Waals surface area contributed by atoms with Gasteiger partial charge < -0.3 is 10.1 Å². The lowest BCUT2D eigenvalue weighted by Gasteiger charge is -2.20. The molecule has 0 aromatic heterocycles. The molecular formula is C23H16N2O6. The molecule has 0 spiro atoms. The highest BCUT2D eigenvalue weighted by Crippen LogP contribution is 2.31. The largest absolute Gasteiger partial charge is 0.460 e. The molecule has 3 aromatic carbocycles. The number of carbonyl (C=O) groups excluding carboxylic acids is 3. The van der Waals surface area contributed by atoms with E-state index in [1.165, 1.54) is 24.3 Å². The third kappa shape index (κ3) is 3.78. The fraction of sp³-hybridized carbons (Fsp3) is 0.0870. The van der Waals surface area contributed by atoms with Gasteiger partial charge in [-0.1, -0.05) is 36.4 Å². The van der Waals surface area contributed by atoms with Crippen molar-refractivity contribution in [1.82, 2.24) is 0 Å². The molecule has 4 rings (SSSR count). The van der Waals surface area contributed by atoms with E-state index >= 15 is 0 Å². The maximum absolute atomic E-state index is 13.0. The van der Waals surface area contributed by atoms with Crippen molar-refractivity contribution in [1.29, 1.82) is 0 Å². The van der Waals surface area contributed by atoms with Gasteiger partial charge in [0.05, 0.1) is 16.1 Å². The molecule has 0 amide bonds. The molecule has 154 valence electrons. The average Bonchev–Trinajstić information content (AvgIpc) is 2.80.